The first-order chi connectivity index (χ1) is 6.61. The fourth-order valence-electron chi connectivity index (χ4n) is 1.27. The van der Waals surface area contributed by atoms with E-state index in [4.69, 9.17) is 10.2 Å². The molecule has 0 saturated carbocycles. The monoisotopic (exact) mass is 215 g/mol. The Labute approximate surface area is 88.4 Å². The fourth-order valence-corrected chi connectivity index (χ4v) is 2.02. The van der Waals surface area contributed by atoms with Crippen LogP contribution in [0.15, 0.2) is 16.8 Å². The Morgan fingerprint density at radius 1 is 1.50 bits per heavy atom. The second-order valence-electron chi connectivity index (χ2n) is 3.80. The Balaban J connectivity index is 2.60. The molecule has 4 heteroatoms. The predicted molar refractivity (Wildman–Crippen MR) is 58.4 cm³/mol. The van der Waals surface area contributed by atoms with Gasteiger partial charge in [0.25, 0.3) is 0 Å². The van der Waals surface area contributed by atoms with Gasteiger partial charge < -0.3 is 15.5 Å². The molecule has 1 unspecified atom stereocenters. The molecule has 0 bridgehead atoms. The van der Waals surface area contributed by atoms with Gasteiger partial charge in [0.05, 0.1) is 18.8 Å². The molecular weight excluding hydrogens is 198 g/mol. The molecule has 0 aliphatic rings. The highest BCUT2D eigenvalue weighted by atomic mass is 32.1. The van der Waals surface area contributed by atoms with Crippen molar-refractivity contribution < 1.29 is 10.2 Å². The van der Waals surface area contributed by atoms with Gasteiger partial charge in [-0.25, -0.2) is 0 Å². The molecule has 3 nitrogen and oxygen atoms in total. The molecule has 0 aromatic carbocycles. The number of nitrogens with one attached hydrogen (secondary N) is 1. The van der Waals surface area contributed by atoms with Crippen molar-refractivity contribution in [1.29, 1.82) is 0 Å². The van der Waals surface area contributed by atoms with Crippen LogP contribution >= 0.6 is 11.3 Å². The average Bonchev–Trinajstić information content (AvgIpc) is 2.70. The second kappa shape index (κ2) is 4.89. The van der Waals surface area contributed by atoms with Gasteiger partial charge >= 0.3 is 0 Å². The van der Waals surface area contributed by atoms with Crippen LogP contribution in [0.1, 0.15) is 25.5 Å². The molecule has 14 heavy (non-hydrogen) atoms. The number of thiophene rings is 1. The molecule has 0 aliphatic carbocycles. The molecule has 0 radical (unpaired) electrons. The lowest BCUT2D eigenvalue weighted by Gasteiger charge is -2.30. The summed E-state index contributed by atoms with van der Waals surface area (Å²) >= 11 is 1.64. The lowest BCUT2D eigenvalue weighted by Crippen LogP contribution is -2.49. The van der Waals surface area contributed by atoms with Crippen LogP contribution < -0.4 is 5.32 Å². The molecule has 3 N–H and O–H groups in total. The third-order valence-electron chi connectivity index (χ3n) is 2.31. The van der Waals surface area contributed by atoms with E-state index in [1.165, 1.54) is 5.56 Å². The molecule has 0 aliphatic heterocycles. The standard InChI is InChI=1S/C10H17NO2S/c1-8(9-3-4-14-5-9)11-10(2,6-12)7-13/h3-5,8,11-13H,6-7H2,1-2H3. The number of hydrogen-bond acceptors (Lipinski definition) is 4. The third-order valence-corrected chi connectivity index (χ3v) is 3.01. The SMILES string of the molecule is CC(NC(C)(CO)CO)c1ccsc1. The van der Waals surface area contributed by atoms with E-state index in [-0.39, 0.29) is 19.3 Å². The first-order valence-electron chi connectivity index (χ1n) is 4.63. The van der Waals surface area contributed by atoms with E-state index in [1.807, 2.05) is 18.4 Å². The Hall–Kier alpha value is -0.420. The Morgan fingerprint density at radius 2 is 2.14 bits per heavy atom. The third kappa shape index (κ3) is 2.78. The minimum Gasteiger partial charge on any atom is -0.394 e. The van der Waals surface area contributed by atoms with Crippen molar-refractivity contribution in [2.75, 3.05) is 13.2 Å². The molecular formula is C10H17NO2S. The van der Waals surface area contributed by atoms with Gasteiger partial charge in [-0.15, -0.1) is 0 Å². The summed E-state index contributed by atoms with van der Waals surface area (Å²) in [6.07, 6.45) is 0. The van der Waals surface area contributed by atoms with Crippen LogP contribution in [0.3, 0.4) is 0 Å². The maximum absolute atomic E-state index is 9.11. The van der Waals surface area contributed by atoms with Crippen LogP contribution in [-0.4, -0.2) is 29.0 Å². The van der Waals surface area contributed by atoms with E-state index < -0.39 is 5.54 Å². The van der Waals surface area contributed by atoms with Crippen LogP contribution in [0.25, 0.3) is 0 Å². The van der Waals surface area contributed by atoms with E-state index >= 15 is 0 Å². The zero-order valence-electron chi connectivity index (χ0n) is 8.53. The summed E-state index contributed by atoms with van der Waals surface area (Å²) in [5, 5.41) is 25.5. The number of rotatable bonds is 5. The van der Waals surface area contributed by atoms with Crippen LogP contribution in [0.2, 0.25) is 0 Å². The van der Waals surface area contributed by atoms with Gasteiger partial charge in [0, 0.05) is 6.04 Å². The zero-order chi connectivity index (χ0) is 10.6. The van der Waals surface area contributed by atoms with Crippen molar-refractivity contribution in [1.82, 2.24) is 5.32 Å². The highest BCUT2D eigenvalue weighted by Crippen LogP contribution is 2.18. The minimum absolute atomic E-state index is 0.0715. The first kappa shape index (κ1) is 11.7. The smallest absolute Gasteiger partial charge is 0.0633 e. The molecule has 80 valence electrons. The molecule has 1 aromatic heterocycles. The van der Waals surface area contributed by atoms with Gasteiger partial charge in [0.1, 0.15) is 0 Å². The number of aliphatic hydroxyl groups excluding tert-OH is 2. The van der Waals surface area contributed by atoms with Crippen LogP contribution in [0.4, 0.5) is 0 Å². The van der Waals surface area contributed by atoms with Gasteiger partial charge in [-0.3, -0.25) is 0 Å². The maximum atomic E-state index is 9.11. The van der Waals surface area contributed by atoms with E-state index in [0.29, 0.717) is 0 Å². The molecule has 0 saturated heterocycles. The highest BCUT2D eigenvalue weighted by Gasteiger charge is 2.24. The zero-order valence-corrected chi connectivity index (χ0v) is 9.34. The highest BCUT2D eigenvalue weighted by molar-refractivity contribution is 7.07. The number of hydrogen-bond donors (Lipinski definition) is 3. The largest absolute Gasteiger partial charge is 0.394 e. The van der Waals surface area contributed by atoms with Crippen molar-refractivity contribution in [3.63, 3.8) is 0 Å². The molecule has 0 spiro atoms. The summed E-state index contributed by atoms with van der Waals surface area (Å²) in [6, 6.07) is 2.18. The summed E-state index contributed by atoms with van der Waals surface area (Å²) in [6.45, 7) is 3.68. The molecule has 0 amide bonds. The van der Waals surface area contributed by atoms with Crippen LogP contribution in [0, 0.1) is 0 Å². The van der Waals surface area contributed by atoms with Gasteiger partial charge in [-0.05, 0) is 36.2 Å². The molecule has 1 heterocycles. The van der Waals surface area contributed by atoms with Crippen molar-refractivity contribution in [2.24, 2.45) is 0 Å². The topological polar surface area (TPSA) is 52.5 Å². The molecule has 1 aromatic rings. The van der Waals surface area contributed by atoms with Crippen molar-refractivity contribution in [2.45, 2.75) is 25.4 Å². The normalized spacial score (nSPS) is 14.3. The van der Waals surface area contributed by atoms with Gasteiger partial charge in [-0.2, -0.15) is 11.3 Å². The average molecular weight is 215 g/mol. The van der Waals surface area contributed by atoms with Gasteiger partial charge in [0.15, 0.2) is 0 Å². The Bertz CT molecular complexity index is 257. The second-order valence-corrected chi connectivity index (χ2v) is 4.58. The van der Waals surface area contributed by atoms with E-state index in [1.54, 1.807) is 18.3 Å². The van der Waals surface area contributed by atoms with Crippen molar-refractivity contribution in [3.05, 3.63) is 22.4 Å². The summed E-state index contributed by atoms with van der Waals surface area (Å²) < 4.78 is 0. The van der Waals surface area contributed by atoms with Crippen LogP contribution in [-0.2, 0) is 0 Å². The van der Waals surface area contributed by atoms with Gasteiger partial charge in [-0.1, -0.05) is 0 Å². The van der Waals surface area contributed by atoms with Crippen molar-refractivity contribution >= 4 is 11.3 Å². The predicted octanol–water partition coefficient (Wildman–Crippen LogP) is 1.14. The Morgan fingerprint density at radius 3 is 2.57 bits per heavy atom. The lowest BCUT2D eigenvalue weighted by molar-refractivity contribution is 0.0958. The summed E-state index contributed by atoms with van der Waals surface area (Å²) in [5.74, 6) is 0. The van der Waals surface area contributed by atoms with E-state index in [9.17, 15) is 0 Å². The fraction of sp³-hybridized carbons (Fsp3) is 0.600. The summed E-state index contributed by atoms with van der Waals surface area (Å²) in [4.78, 5) is 0. The van der Waals surface area contributed by atoms with Crippen LogP contribution in [0.5, 0.6) is 0 Å². The quantitative estimate of drug-likeness (QED) is 0.690. The van der Waals surface area contributed by atoms with E-state index in [2.05, 4.69) is 10.7 Å². The van der Waals surface area contributed by atoms with Gasteiger partial charge in [0.2, 0.25) is 0 Å². The first-order valence-corrected chi connectivity index (χ1v) is 5.57. The lowest BCUT2D eigenvalue weighted by atomic mass is 10.0. The van der Waals surface area contributed by atoms with Crippen molar-refractivity contribution in [3.8, 4) is 0 Å². The number of aliphatic hydroxyl groups is 2. The maximum Gasteiger partial charge on any atom is 0.0633 e. The minimum atomic E-state index is -0.610. The Kier molecular flexibility index (Phi) is 4.07. The molecule has 0 fully saturated rings. The van der Waals surface area contributed by atoms with E-state index in [0.717, 1.165) is 0 Å². The molecule has 1 atom stereocenters. The summed E-state index contributed by atoms with van der Waals surface area (Å²) in [7, 11) is 0. The molecule has 1 rings (SSSR count). The summed E-state index contributed by atoms with van der Waals surface area (Å²) in [5.41, 5.74) is 0.574.